The van der Waals surface area contributed by atoms with Crippen LogP contribution >= 0.6 is 0 Å². The van der Waals surface area contributed by atoms with Crippen LogP contribution in [0, 0.1) is 13.8 Å². The highest BCUT2D eigenvalue weighted by Crippen LogP contribution is 2.29. The third-order valence-electron chi connectivity index (χ3n) is 5.69. The summed E-state index contributed by atoms with van der Waals surface area (Å²) < 4.78 is 45.2. The lowest BCUT2D eigenvalue weighted by atomic mass is 10.1. The van der Waals surface area contributed by atoms with E-state index in [1.807, 2.05) is 24.3 Å². The van der Waals surface area contributed by atoms with Crippen molar-refractivity contribution in [1.82, 2.24) is 19.6 Å². The minimum Gasteiger partial charge on any atom is -0.453 e. The van der Waals surface area contributed by atoms with E-state index >= 15 is 0 Å². The van der Waals surface area contributed by atoms with Crippen molar-refractivity contribution in [1.29, 1.82) is 0 Å². The van der Waals surface area contributed by atoms with Crippen LogP contribution in [0.4, 0.5) is 18.9 Å². The monoisotopic (exact) mass is 461 g/mol. The Morgan fingerprint density at radius 1 is 1.18 bits per heavy atom. The molecular formula is C22H22F3N5O3. The van der Waals surface area contributed by atoms with Gasteiger partial charge in [0.2, 0.25) is 0 Å². The van der Waals surface area contributed by atoms with Crippen LogP contribution in [0.25, 0.3) is 5.78 Å². The van der Waals surface area contributed by atoms with Crippen molar-refractivity contribution in [2.24, 2.45) is 0 Å². The quantitative estimate of drug-likeness (QED) is 0.542. The Morgan fingerprint density at radius 2 is 1.91 bits per heavy atom. The first-order chi connectivity index (χ1) is 15.6. The summed E-state index contributed by atoms with van der Waals surface area (Å²) in [5, 5.41) is 3.50. The van der Waals surface area contributed by atoms with E-state index < -0.39 is 24.1 Å². The Bertz CT molecular complexity index is 1240. The molecule has 4 rings (SSSR count). The summed E-state index contributed by atoms with van der Waals surface area (Å²) >= 11 is 0. The van der Waals surface area contributed by atoms with Crippen LogP contribution in [0.2, 0.25) is 0 Å². The number of ether oxygens (including phenoxy) is 1. The lowest BCUT2D eigenvalue weighted by Crippen LogP contribution is -2.39. The zero-order valence-corrected chi connectivity index (χ0v) is 18.3. The predicted octanol–water partition coefficient (Wildman–Crippen LogP) is 3.21. The molecule has 11 heteroatoms. The summed E-state index contributed by atoms with van der Waals surface area (Å²) in [6, 6.07) is 7.58. The number of rotatable bonds is 5. The molecule has 1 atom stereocenters. The highest BCUT2D eigenvalue weighted by molar-refractivity contribution is 5.99. The number of alkyl halides is 3. The van der Waals surface area contributed by atoms with E-state index in [2.05, 4.69) is 15.1 Å². The summed E-state index contributed by atoms with van der Waals surface area (Å²) in [5.41, 5.74) is 3.32. The van der Waals surface area contributed by atoms with Gasteiger partial charge in [-0.3, -0.25) is 9.59 Å². The fourth-order valence-corrected chi connectivity index (χ4v) is 4.01. The number of nitrogens with zero attached hydrogens (tertiary/aromatic N) is 5. The second-order valence-electron chi connectivity index (χ2n) is 7.91. The smallest absolute Gasteiger partial charge is 0.453 e. The molecule has 0 aliphatic carbocycles. The first kappa shape index (κ1) is 22.7. The Balaban J connectivity index is 1.42. The third-order valence-corrected chi connectivity index (χ3v) is 5.69. The Labute approximate surface area is 187 Å². The van der Waals surface area contributed by atoms with Crippen molar-refractivity contribution in [3.63, 3.8) is 0 Å². The average Bonchev–Trinajstić information content (AvgIpc) is 3.37. The van der Waals surface area contributed by atoms with Gasteiger partial charge in [0, 0.05) is 30.0 Å². The molecule has 0 bridgehead atoms. The maximum Gasteiger partial charge on any atom is 0.453 e. The van der Waals surface area contributed by atoms with Crippen LogP contribution in [-0.4, -0.2) is 44.1 Å². The standard InChI is InChI=1S/C22H22F3N5O3/c1-12-16(13(2)30-21(26-12)27-20(28-30)22(23,24)25)8-9-18(31)33-14(3)19(32)29-11-10-15-6-4-5-7-17(15)29/h4-7,14H,8-11H2,1-3H3/t14-/m1/s1. The molecule has 33 heavy (non-hydrogen) atoms. The zero-order valence-electron chi connectivity index (χ0n) is 18.3. The van der Waals surface area contributed by atoms with Gasteiger partial charge in [0.1, 0.15) is 0 Å². The number of hydrogen-bond donors (Lipinski definition) is 0. The van der Waals surface area contributed by atoms with Crippen LogP contribution in [0.5, 0.6) is 0 Å². The van der Waals surface area contributed by atoms with Gasteiger partial charge in [-0.2, -0.15) is 18.2 Å². The number of halogens is 3. The van der Waals surface area contributed by atoms with Crippen molar-refractivity contribution in [3.8, 4) is 0 Å². The number of anilines is 1. The summed E-state index contributed by atoms with van der Waals surface area (Å²) in [6.07, 6.45) is -4.79. The van der Waals surface area contributed by atoms with Crippen molar-refractivity contribution < 1.29 is 27.5 Å². The molecule has 1 aromatic carbocycles. The normalized spacial score (nSPS) is 14.4. The van der Waals surface area contributed by atoms with Gasteiger partial charge in [-0.25, -0.2) is 9.50 Å². The molecule has 3 aromatic rings. The first-order valence-electron chi connectivity index (χ1n) is 10.4. The van der Waals surface area contributed by atoms with Crippen LogP contribution < -0.4 is 4.90 Å². The van der Waals surface area contributed by atoms with Crippen LogP contribution in [0.1, 0.15) is 41.7 Å². The number of aryl methyl sites for hydroxylation is 2. The number of carbonyl (C=O) groups is 2. The number of hydrogen-bond acceptors (Lipinski definition) is 6. The van der Waals surface area contributed by atoms with Crippen LogP contribution in [-0.2, 0) is 33.3 Å². The van der Waals surface area contributed by atoms with E-state index in [0.29, 0.717) is 23.5 Å². The molecule has 8 nitrogen and oxygen atoms in total. The highest BCUT2D eigenvalue weighted by atomic mass is 19.4. The van der Waals surface area contributed by atoms with Gasteiger partial charge >= 0.3 is 12.1 Å². The summed E-state index contributed by atoms with van der Waals surface area (Å²) in [7, 11) is 0. The topological polar surface area (TPSA) is 89.7 Å². The minimum atomic E-state index is -4.68. The lowest BCUT2D eigenvalue weighted by Gasteiger charge is -2.21. The Kier molecular flexibility index (Phi) is 5.81. The molecule has 1 aliphatic rings. The predicted molar refractivity (Wildman–Crippen MR) is 112 cm³/mol. The third kappa shape index (κ3) is 4.39. The largest absolute Gasteiger partial charge is 0.453 e. The maximum atomic E-state index is 12.9. The minimum absolute atomic E-state index is 0.0656. The molecule has 0 radical (unpaired) electrons. The van der Waals surface area contributed by atoms with Gasteiger partial charge < -0.3 is 9.64 Å². The molecule has 3 heterocycles. The number of carbonyl (C=O) groups excluding carboxylic acids is 2. The Hall–Kier alpha value is -3.50. The Morgan fingerprint density at radius 3 is 2.64 bits per heavy atom. The number of benzene rings is 1. The van der Waals surface area contributed by atoms with Crippen molar-refractivity contribution in [3.05, 3.63) is 52.6 Å². The fraction of sp³-hybridized carbons (Fsp3) is 0.409. The van der Waals surface area contributed by atoms with Gasteiger partial charge in [0.25, 0.3) is 17.5 Å². The SMILES string of the molecule is Cc1nc2nc(C(F)(F)F)nn2c(C)c1CCC(=O)O[C@H](C)C(=O)N1CCc2ccccc21. The average molecular weight is 461 g/mol. The van der Waals surface area contributed by atoms with E-state index in [0.717, 1.165) is 22.2 Å². The summed E-state index contributed by atoms with van der Waals surface area (Å²) in [4.78, 5) is 34.3. The van der Waals surface area contributed by atoms with Crippen LogP contribution in [0.15, 0.2) is 24.3 Å². The number of aromatic nitrogens is 4. The molecule has 0 fully saturated rings. The molecule has 0 saturated heterocycles. The molecule has 0 N–H and O–H groups in total. The second-order valence-corrected chi connectivity index (χ2v) is 7.91. The number of esters is 1. The van der Waals surface area contributed by atoms with E-state index in [-0.39, 0.29) is 24.5 Å². The van der Waals surface area contributed by atoms with Crippen molar-refractivity contribution >= 4 is 23.3 Å². The number of amides is 1. The van der Waals surface area contributed by atoms with E-state index in [1.165, 1.54) is 6.92 Å². The van der Waals surface area contributed by atoms with E-state index in [9.17, 15) is 22.8 Å². The van der Waals surface area contributed by atoms with Gasteiger partial charge in [0.15, 0.2) is 6.10 Å². The van der Waals surface area contributed by atoms with E-state index in [1.54, 1.807) is 18.7 Å². The van der Waals surface area contributed by atoms with Gasteiger partial charge in [-0.15, -0.1) is 5.10 Å². The van der Waals surface area contributed by atoms with Crippen molar-refractivity contribution in [2.45, 2.75) is 52.3 Å². The highest BCUT2D eigenvalue weighted by Gasteiger charge is 2.37. The van der Waals surface area contributed by atoms with Gasteiger partial charge in [-0.05, 0) is 50.8 Å². The molecule has 1 aliphatic heterocycles. The number of para-hydroxylation sites is 1. The molecule has 1 amide bonds. The summed E-state index contributed by atoms with van der Waals surface area (Å²) in [5.74, 6) is -2.32. The second kappa shape index (κ2) is 8.45. The number of fused-ring (bicyclic) bond motifs is 2. The maximum absolute atomic E-state index is 12.9. The molecule has 0 spiro atoms. The lowest BCUT2D eigenvalue weighted by molar-refractivity contribution is -0.153. The van der Waals surface area contributed by atoms with Gasteiger partial charge in [0.05, 0.1) is 0 Å². The molecule has 174 valence electrons. The molecular weight excluding hydrogens is 439 g/mol. The first-order valence-corrected chi connectivity index (χ1v) is 10.4. The summed E-state index contributed by atoms with van der Waals surface area (Å²) in [6.45, 7) is 5.28. The molecule has 0 unspecified atom stereocenters. The fourth-order valence-electron chi connectivity index (χ4n) is 4.01. The zero-order chi connectivity index (χ0) is 23.9. The molecule has 2 aromatic heterocycles. The van der Waals surface area contributed by atoms with E-state index in [4.69, 9.17) is 4.74 Å². The van der Waals surface area contributed by atoms with Crippen molar-refractivity contribution in [2.75, 3.05) is 11.4 Å². The molecule has 0 saturated carbocycles. The van der Waals surface area contributed by atoms with Gasteiger partial charge in [-0.1, -0.05) is 18.2 Å². The van der Waals surface area contributed by atoms with Crippen LogP contribution in [0.3, 0.4) is 0 Å².